The van der Waals surface area contributed by atoms with E-state index in [0.29, 0.717) is 23.3 Å². The van der Waals surface area contributed by atoms with Crippen LogP contribution in [0.5, 0.6) is 0 Å². The lowest BCUT2D eigenvalue weighted by Crippen LogP contribution is -2.53. The predicted octanol–water partition coefficient (Wildman–Crippen LogP) is 5.80. The number of carbonyl (C=O) groups excluding carboxylic acids is 1. The molecule has 2 N–H and O–H groups in total. The molecule has 0 aliphatic carbocycles. The summed E-state index contributed by atoms with van der Waals surface area (Å²) >= 11 is 0. The van der Waals surface area contributed by atoms with E-state index in [0.717, 1.165) is 17.7 Å². The molecule has 1 aliphatic heterocycles. The highest BCUT2D eigenvalue weighted by Crippen LogP contribution is 2.51. The van der Waals surface area contributed by atoms with Crippen molar-refractivity contribution < 1.29 is 40.6 Å². The van der Waals surface area contributed by atoms with E-state index in [1.54, 1.807) is 31.5 Å². The lowest BCUT2D eigenvalue weighted by molar-refractivity contribution is -0.376. The molecule has 3 aromatic rings. The van der Waals surface area contributed by atoms with Crippen molar-refractivity contribution in [3.8, 4) is 0 Å². The number of rotatable bonds is 5. The third kappa shape index (κ3) is 5.29. The van der Waals surface area contributed by atoms with Crippen molar-refractivity contribution in [2.45, 2.75) is 42.8 Å². The molecule has 1 fully saturated rings. The zero-order valence-corrected chi connectivity index (χ0v) is 20.5. The van der Waals surface area contributed by atoms with Crippen LogP contribution >= 0.6 is 0 Å². The molecule has 0 spiro atoms. The number of carbonyl (C=O) groups is 1. The fraction of sp³-hybridized carbons (Fsp3) is 0.333. The minimum atomic E-state index is -6.01. The summed E-state index contributed by atoms with van der Waals surface area (Å²) in [5.41, 5.74) is -5.51. The predicted molar refractivity (Wildman–Crippen MR) is 127 cm³/mol. The molecule has 208 valence electrons. The molecule has 2 atom stereocenters. The standard InChI is InChI=1S/C27H24F7N3O2/c1-24(19-6-8-21(28)9-7-19)16-37(23(38)36-14-17-10-12-35-13-11-17)15-22(24)18-2-4-20(5-3-18)25(39,26(29,30)31)27(32,33)34/h2-13,22,39H,14-16H2,1H3,(H,36,38)/t22-,24+/m0/s1. The van der Waals surface area contributed by atoms with Gasteiger partial charge in [-0.25, -0.2) is 9.18 Å². The molecule has 0 saturated carbocycles. The average Bonchev–Trinajstić information content (AvgIpc) is 3.25. The number of benzene rings is 2. The maximum Gasteiger partial charge on any atom is 0.430 e. The first-order valence-electron chi connectivity index (χ1n) is 11.8. The summed E-state index contributed by atoms with van der Waals surface area (Å²) in [4.78, 5) is 18.4. The number of likely N-dealkylation sites (tertiary alicyclic amines) is 1. The van der Waals surface area contributed by atoms with Crippen molar-refractivity contribution in [3.63, 3.8) is 0 Å². The zero-order chi connectivity index (χ0) is 28.6. The van der Waals surface area contributed by atoms with Gasteiger partial charge in [0.05, 0.1) is 0 Å². The third-order valence-electron chi connectivity index (χ3n) is 7.23. The summed E-state index contributed by atoms with van der Waals surface area (Å²) in [5, 5.41) is 12.5. The van der Waals surface area contributed by atoms with E-state index < -0.39 is 46.7 Å². The van der Waals surface area contributed by atoms with Gasteiger partial charge in [0.1, 0.15) is 5.82 Å². The number of pyridine rings is 1. The number of halogens is 7. The summed E-state index contributed by atoms with van der Waals surface area (Å²) in [6, 6.07) is 11.9. The fourth-order valence-corrected chi connectivity index (χ4v) is 4.98. The van der Waals surface area contributed by atoms with Crippen LogP contribution in [0.4, 0.5) is 35.5 Å². The van der Waals surface area contributed by atoms with Gasteiger partial charge in [-0.2, -0.15) is 26.3 Å². The second kappa shape index (κ2) is 10.1. The average molecular weight is 555 g/mol. The van der Waals surface area contributed by atoms with E-state index in [9.17, 15) is 40.6 Å². The molecule has 39 heavy (non-hydrogen) atoms. The number of nitrogens with one attached hydrogen (secondary N) is 1. The summed E-state index contributed by atoms with van der Waals surface area (Å²) in [5.74, 6) is -1.07. The molecular formula is C27H24F7N3O2. The smallest absolute Gasteiger partial charge is 0.369 e. The van der Waals surface area contributed by atoms with Gasteiger partial charge in [0, 0.05) is 48.9 Å². The minimum Gasteiger partial charge on any atom is -0.369 e. The van der Waals surface area contributed by atoms with E-state index in [1.165, 1.54) is 29.2 Å². The Morgan fingerprint density at radius 3 is 2.08 bits per heavy atom. The Hall–Kier alpha value is -3.67. The van der Waals surface area contributed by atoms with Crippen LogP contribution < -0.4 is 5.32 Å². The van der Waals surface area contributed by atoms with E-state index in [4.69, 9.17) is 0 Å². The number of aliphatic hydroxyl groups is 1. The highest BCUT2D eigenvalue weighted by Gasteiger charge is 2.71. The van der Waals surface area contributed by atoms with Crippen LogP contribution in [0.15, 0.2) is 73.1 Å². The quantitative estimate of drug-likeness (QED) is 0.392. The van der Waals surface area contributed by atoms with Crippen molar-refractivity contribution in [2.75, 3.05) is 13.1 Å². The summed E-state index contributed by atoms with van der Waals surface area (Å²) in [6.07, 6.45) is -8.87. The highest BCUT2D eigenvalue weighted by atomic mass is 19.4. The molecule has 0 unspecified atom stereocenters. The molecule has 0 radical (unpaired) electrons. The summed E-state index contributed by atoms with van der Waals surface area (Å²) in [7, 11) is 0. The van der Waals surface area contributed by atoms with Crippen molar-refractivity contribution >= 4 is 6.03 Å². The fourth-order valence-electron chi connectivity index (χ4n) is 4.98. The largest absolute Gasteiger partial charge is 0.430 e. The molecule has 5 nitrogen and oxygen atoms in total. The lowest BCUT2D eigenvalue weighted by atomic mass is 9.71. The van der Waals surface area contributed by atoms with Crippen LogP contribution in [-0.2, 0) is 17.6 Å². The first kappa shape index (κ1) is 28.3. The monoisotopic (exact) mass is 555 g/mol. The minimum absolute atomic E-state index is 0.0816. The van der Waals surface area contributed by atoms with Gasteiger partial charge in [-0.15, -0.1) is 0 Å². The van der Waals surface area contributed by atoms with E-state index in [2.05, 4.69) is 10.3 Å². The van der Waals surface area contributed by atoms with Gasteiger partial charge in [0.25, 0.3) is 5.60 Å². The SMILES string of the molecule is C[C@]1(c2ccc(F)cc2)CN(C(=O)NCc2ccncc2)C[C@H]1c1ccc(C(O)(C(F)(F)F)C(F)(F)F)cc1. The first-order chi connectivity index (χ1) is 18.2. The number of alkyl halides is 6. The van der Waals surface area contributed by atoms with Gasteiger partial charge in [-0.1, -0.05) is 43.3 Å². The van der Waals surface area contributed by atoms with Crippen LogP contribution in [0.2, 0.25) is 0 Å². The molecular weight excluding hydrogens is 531 g/mol. The maximum atomic E-state index is 13.6. The van der Waals surface area contributed by atoms with Crippen LogP contribution in [0, 0.1) is 5.82 Å². The lowest BCUT2D eigenvalue weighted by Gasteiger charge is -2.34. The normalized spacial score (nSPS) is 20.2. The number of urea groups is 1. The Bertz CT molecular complexity index is 1280. The Morgan fingerprint density at radius 1 is 0.974 bits per heavy atom. The number of hydrogen-bond donors (Lipinski definition) is 2. The van der Waals surface area contributed by atoms with Gasteiger partial charge in [-0.3, -0.25) is 4.98 Å². The first-order valence-corrected chi connectivity index (χ1v) is 11.8. The Labute approximate surface area is 219 Å². The number of amides is 2. The number of nitrogens with zero attached hydrogens (tertiary/aromatic N) is 2. The van der Waals surface area contributed by atoms with Crippen LogP contribution in [-0.4, -0.2) is 46.5 Å². The third-order valence-corrected chi connectivity index (χ3v) is 7.23. The Balaban J connectivity index is 1.66. The topological polar surface area (TPSA) is 65.5 Å². The molecule has 2 heterocycles. The molecule has 2 aromatic carbocycles. The van der Waals surface area contributed by atoms with E-state index in [-0.39, 0.29) is 19.6 Å². The van der Waals surface area contributed by atoms with E-state index in [1.807, 2.05) is 0 Å². The second-order valence-corrected chi connectivity index (χ2v) is 9.70. The maximum absolute atomic E-state index is 13.6. The van der Waals surface area contributed by atoms with E-state index >= 15 is 0 Å². The van der Waals surface area contributed by atoms with Crippen molar-refractivity contribution in [3.05, 3.63) is 101 Å². The molecule has 2 amide bonds. The van der Waals surface area contributed by atoms with Crippen LogP contribution in [0.25, 0.3) is 0 Å². The molecule has 1 aliphatic rings. The van der Waals surface area contributed by atoms with Gasteiger partial charge in [-0.05, 0) is 41.0 Å². The molecule has 0 bridgehead atoms. The van der Waals surface area contributed by atoms with Gasteiger partial charge in [0.2, 0.25) is 0 Å². The summed E-state index contributed by atoms with van der Waals surface area (Å²) in [6.45, 7) is 2.22. The Morgan fingerprint density at radius 2 is 1.54 bits per heavy atom. The van der Waals surface area contributed by atoms with Gasteiger partial charge in [0.15, 0.2) is 0 Å². The number of aromatic nitrogens is 1. The number of hydrogen-bond acceptors (Lipinski definition) is 3. The van der Waals surface area contributed by atoms with Gasteiger partial charge >= 0.3 is 18.4 Å². The van der Waals surface area contributed by atoms with Crippen LogP contribution in [0.3, 0.4) is 0 Å². The van der Waals surface area contributed by atoms with Gasteiger partial charge < -0.3 is 15.3 Å². The molecule has 1 saturated heterocycles. The van der Waals surface area contributed by atoms with Crippen molar-refractivity contribution in [2.24, 2.45) is 0 Å². The zero-order valence-electron chi connectivity index (χ0n) is 20.5. The van der Waals surface area contributed by atoms with Crippen LogP contribution in [0.1, 0.15) is 35.1 Å². The molecule has 4 rings (SSSR count). The highest BCUT2D eigenvalue weighted by molar-refractivity contribution is 5.75. The Kier molecular flexibility index (Phi) is 7.37. The van der Waals surface area contributed by atoms with Crippen molar-refractivity contribution in [1.82, 2.24) is 15.2 Å². The molecule has 1 aromatic heterocycles. The second-order valence-electron chi connectivity index (χ2n) is 9.70. The summed E-state index contributed by atoms with van der Waals surface area (Å²) < 4.78 is 93.7. The van der Waals surface area contributed by atoms with Crippen molar-refractivity contribution in [1.29, 1.82) is 0 Å². The molecule has 12 heteroatoms.